The summed E-state index contributed by atoms with van der Waals surface area (Å²) in [6.07, 6.45) is 0. The highest BCUT2D eigenvalue weighted by Crippen LogP contribution is 2.16. The van der Waals surface area contributed by atoms with Gasteiger partial charge in [-0.25, -0.2) is 0 Å². The van der Waals surface area contributed by atoms with E-state index in [0.717, 1.165) is 11.3 Å². The van der Waals surface area contributed by atoms with Gasteiger partial charge in [0.2, 0.25) is 0 Å². The van der Waals surface area contributed by atoms with Crippen molar-refractivity contribution in [3.8, 4) is 6.07 Å². The molecule has 0 spiro atoms. The van der Waals surface area contributed by atoms with Crippen molar-refractivity contribution in [3.05, 3.63) is 52.4 Å². The molecule has 0 saturated heterocycles. The lowest BCUT2D eigenvalue weighted by molar-refractivity contribution is 0.0784. The van der Waals surface area contributed by atoms with Crippen molar-refractivity contribution in [1.29, 1.82) is 5.26 Å². The number of benzene rings is 1. The number of hydrogen-bond donors (Lipinski definition) is 0. The Kier molecular flexibility index (Phi) is 3.85. The quantitative estimate of drug-likeness (QED) is 0.858. The molecule has 1 aromatic carbocycles. The van der Waals surface area contributed by atoms with Crippen LogP contribution in [0.5, 0.6) is 0 Å². The molecule has 0 bridgehead atoms. The predicted octanol–water partition coefficient (Wildman–Crippen LogP) is 2.44. The van der Waals surface area contributed by atoms with Crippen molar-refractivity contribution in [2.24, 2.45) is 0 Å². The topological polar surface area (TPSA) is 70.1 Å². The third-order valence-electron chi connectivity index (χ3n) is 3.16. The van der Waals surface area contributed by atoms with E-state index in [0.29, 0.717) is 23.4 Å². The van der Waals surface area contributed by atoms with Gasteiger partial charge in [0, 0.05) is 18.2 Å². The highest BCUT2D eigenvalue weighted by molar-refractivity contribution is 5.94. The van der Waals surface area contributed by atoms with Crippen molar-refractivity contribution in [3.63, 3.8) is 0 Å². The summed E-state index contributed by atoms with van der Waals surface area (Å²) in [5.74, 6) is 0.579. The summed E-state index contributed by atoms with van der Waals surface area (Å²) in [6, 6.07) is 8.70. The zero-order chi connectivity index (χ0) is 14.7. The molecule has 0 saturated carbocycles. The highest BCUT2D eigenvalue weighted by atomic mass is 16.5. The third kappa shape index (κ3) is 2.69. The van der Waals surface area contributed by atoms with E-state index in [-0.39, 0.29) is 5.91 Å². The van der Waals surface area contributed by atoms with Crippen LogP contribution in [0.25, 0.3) is 0 Å². The molecule has 0 atom stereocenters. The second-order valence-corrected chi connectivity index (χ2v) is 4.66. The Morgan fingerprint density at radius 2 is 2.20 bits per heavy atom. The first-order valence-corrected chi connectivity index (χ1v) is 6.20. The number of hydrogen-bond acceptors (Lipinski definition) is 4. The van der Waals surface area contributed by atoms with Crippen molar-refractivity contribution in [1.82, 2.24) is 10.1 Å². The van der Waals surface area contributed by atoms with Gasteiger partial charge in [-0.2, -0.15) is 5.26 Å². The highest BCUT2D eigenvalue weighted by Gasteiger charge is 2.16. The lowest BCUT2D eigenvalue weighted by atomic mass is 10.1. The van der Waals surface area contributed by atoms with E-state index < -0.39 is 0 Å². The Morgan fingerprint density at radius 1 is 1.45 bits per heavy atom. The van der Waals surface area contributed by atoms with Gasteiger partial charge in [0.25, 0.3) is 5.91 Å². The molecule has 5 heteroatoms. The summed E-state index contributed by atoms with van der Waals surface area (Å²) in [5, 5.41) is 12.7. The molecule has 5 nitrogen and oxygen atoms in total. The lowest BCUT2D eigenvalue weighted by Crippen LogP contribution is -2.26. The molecule has 2 rings (SSSR count). The number of carbonyl (C=O) groups excluding carboxylic acids is 1. The van der Waals surface area contributed by atoms with Gasteiger partial charge in [0.15, 0.2) is 0 Å². The molecule has 1 amide bonds. The number of amides is 1. The van der Waals surface area contributed by atoms with Crippen LogP contribution in [0.1, 0.15) is 32.9 Å². The number of nitrogens with zero attached hydrogens (tertiary/aromatic N) is 3. The summed E-state index contributed by atoms with van der Waals surface area (Å²) in [6.45, 7) is 4.10. The first-order valence-electron chi connectivity index (χ1n) is 6.20. The molecule has 0 unspecified atom stereocenters. The molecule has 0 N–H and O–H groups in total. The number of nitriles is 1. The first kappa shape index (κ1) is 13.8. The van der Waals surface area contributed by atoms with Crippen LogP contribution in [-0.4, -0.2) is 23.0 Å². The number of aryl methyl sites for hydroxylation is 2. The largest absolute Gasteiger partial charge is 0.361 e. The molecule has 1 heterocycles. The lowest BCUT2D eigenvalue weighted by Gasteiger charge is -2.17. The van der Waals surface area contributed by atoms with E-state index in [9.17, 15) is 4.79 Å². The summed E-state index contributed by atoms with van der Waals surface area (Å²) >= 11 is 0. The zero-order valence-corrected chi connectivity index (χ0v) is 11.7. The normalized spacial score (nSPS) is 10.1. The predicted molar refractivity (Wildman–Crippen MR) is 72.9 cm³/mol. The van der Waals surface area contributed by atoms with Gasteiger partial charge in [-0.15, -0.1) is 0 Å². The van der Waals surface area contributed by atoms with Crippen LogP contribution < -0.4 is 0 Å². The fraction of sp³-hybridized carbons (Fsp3) is 0.267. The van der Waals surface area contributed by atoms with Crippen LogP contribution in [0.4, 0.5) is 0 Å². The molecule has 20 heavy (non-hydrogen) atoms. The fourth-order valence-electron chi connectivity index (χ4n) is 1.98. The summed E-state index contributed by atoms with van der Waals surface area (Å²) in [4.78, 5) is 13.9. The smallest absolute Gasteiger partial charge is 0.253 e. The van der Waals surface area contributed by atoms with Gasteiger partial charge in [-0.1, -0.05) is 11.2 Å². The van der Waals surface area contributed by atoms with Crippen LogP contribution in [0.2, 0.25) is 0 Å². The summed E-state index contributed by atoms with van der Waals surface area (Å²) in [5.41, 5.74) is 2.67. The second kappa shape index (κ2) is 5.57. The Morgan fingerprint density at radius 3 is 2.80 bits per heavy atom. The summed E-state index contributed by atoms with van der Waals surface area (Å²) in [7, 11) is 1.72. The van der Waals surface area contributed by atoms with E-state index in [1.807, 2.05) is 19.9 Å². The fourth-order valence-corrected chi connectivity index (χ4v) is 1.98. The van der Waals surface area contributed by atoms with Crippen LogP contribution in [0, 0.1) is 25.2 Å². The van der Waals surface area contributed by atoms with E-state index in [1.54, 1.807) is 36.2 Å². The monoisotopic (exact) mass is 269 g/mol. The van der Waals surface area contributed by atoms with E-state index in [4.69, 9.17) is 9.78 Å². The van der Waals surface area contributed by atoms with Gasteiger partial charge in [0.1, 0.15) is 5.76 Å². The molecule has 0 radical (unpaired) electrons. The number of aromatic nitrogens is 1. The van der Waals surface area contributed by atoms with Gasteiger partial charge in [-0.3, -0.25) is 4.79 Å². The minimum absolute atomic E-state index is 0.137. The average molecular weight is 269 g/mol. The number of carbonyl (C=O) groups is 1. The minimum atomic E-state index is -0.137. The Bertz CT molecular complexity index is 663. The molecule has 0 aliphatic heterocycles. The van der Waals surface area contributed by atoms with Gasteiger partial charge in [-0.05, 0) is 32.0 Å². The van der Waals surface area contributed by atoms with Gasteiger partial charge in [0.05, 0.1) is 23.9 Å². The molecule has 1 aromatic heterocycles. The zero-order valence-electron chi connectivity index (χ0n) is 11.7. The van der Waals surface area contributed by atoms with E-state index in [2.05, 4.69) is 5.16 Å². The Hall–Kier alpha value is -2.61. The SMILES string of the molecule is Cc1noc(C)c1CN(C)C(=O)c1cccc(C#N)c1. The second-order valence-electron chi connectivity index (χ2n) is 4.66. The third-order valence-corrected chi connectivity index (χ3v) is 3.16. The van der Waals surface area contributed by atoms with E-state index >= 15 is 0 Å². The van der Waals surface area contributed by atoms with Gasteiger partial charge >= 0.3 is 0 Å². The minimum Gasteiger partial charge on any atom is -0.361 e. The Labute approximate surface area is 117 Å². The average Bonchev–Trinajstić information content (AvgIpc) is 2.78. The maximum atomic E-state index is 12.3. The van der Waals surface area contributed by atoms with Crippen molar-refractivity contribution in [2.75, 3.05) is 7.05 Å². The van der Waals surface area contributed by atoms with Crippen molar-refractivity contribution < 1.29 is 9.32 Å². The van der Waals surface area contributed by atoms with Crippen LogP contribution >= 0.6 is 0 Å². The molecule has 0 fully saturated rings. The molecular weight excluding hydrogens is 254 g/mol. The molecule has 102 valence electrons. The van der Waals surface area contributed by atoms with E-state index in [1.165, 1.54) is 0 Å². The molecular formula is C15H15N3O2. The van der Waals surface area contributed by atoms with Gasteiger partial charge < -0.3 is 9.42 Å². The maximum Gasteiger partial charge on any atom is 0.253 e. The Balaban J connectivity index is 2.19. The van der Waals surface area contributed by atoms with Crippen molar-refractivity contribution in [2.45, 2.75) is 20.4 Å². The van der Waals surface area contributed by atoms with Crippen LogP contribution in [-0.2, 0) is 6.54 Å². The first-order chi connectivity index (χ1) is 9.52. The maximum absolute atomic E-state index is 12.3. The standard InChI is InChI=1S/C15H15N3O2/c1-10-14(11(2)20-17-10)9-18(3)15(19)13-6-4-5-12(7-13)8-16/h4-7H,9H2,1-3H3. The van der Waals surface area contributed by atoms with Crippen molar-refractivity contribution >= 4 is 5.91 Å². The van der Waals surface area contributed by atoms with Crippen LogP contribution in [0.15, 0.2) is 28.8 Å². The summed E-state index contributed by atoms with van der Waals surface area (Å²) < 4.78 is 5.09. The molecule has 0 aliphatic rings. The molecule has 2 aromatic rings. The molecule has 0 aliphatic carbocycles. The van der Waals surface area contributed by atoms with Crippen LogP contribution in [0.3, 0.4) is 0 Å². The number of rotatable bonds is 3.